The van der Waals surface area contributed by atoms with Gasteiger partial charge in [0.15, 0.2) is 17.7 Å². The predicted octanol–water partition coefficient (Wildman–Crippen LogP) is -1.23. The number of nitrogen functional groups attached to an aromatic ring is 1. The lowest BCUT2D eigenvalue weighted by Crippen LogP contribution is -2.37. The molecule has 0 aliphatic carbocycles. The fraction of sp³-hybridized carbons (Fsp3) is 0.300. The first-order chi connectivity index (χ1) is 15.0. The molecule has 0 radical (unpaired) electrons. The molecular formula is C20H21N7O4. The van der Waals surface area contributed by atoms with Crippen LogP contribution in [0.15, 0.2) is 36.9 Å². The molecule has 160 valence electrons. The van der Waals surface area contributed by atoms with E-state index < -0.39 is 30.4 Å². The summed E-state index contributed by atoms with van der Waals surface area (Å²) in [5.74, 6) is 5.56. The maximum atomic E-state index is 11.2. The van der Waals surface area contributed by atoms with E-state index in [1.807, 2.05) is 0 Å². The topological polar surface area (TPSA) is 174 Å². The minimum absolute atomic E-state index is 0.218. The van der Waals surface area contributed by atoms with Gasteiger partial charge in [0.2, 0.25) is 5.91 Å². The van der Waals surface area contributed by atoms with E-state index in [9.17, 15) is 15.0 Å². The fourth-order valence-corrected chi connectivity index (χ4v) is 3.36. The number of nitrogens with two attached hydrogens (primary N) is 2. The van der Waals surface area contributed by atoms with E-state index in [4.69, 9.17) is 16.2 Å². The van der Waals surface area contributed by atoms with Gasteiger partial charge in [0.1, 0.15) is 30.2 Å². The molecule has 0 spiro atoms. The molecule has 7 N–H and O–H groups in total. The normalized spacial score (nSPS) is 22.9. The number of carbonyl (C=O) groups excluding carboxylic acids is 1. The molecule has 4 atom stereocenters. The summed E-state index contributed by atoms with van der Waals surface area (Å²) in [6, 6.07) is 6.72. The Kier molecular flexibility index (Phi) is 5.79. The van der Waals surface area contributed by atoms with E-state index in [-0.39, 0.29) is 12.4 Å². The summed E-state index contributed by atoms with van der Waals surface area (Å²) < 4.78 is 7.37. The summed E-state index contributed by atoms with van der Waals surface area (Å²) in [7, 11) is 0. The number of ether oxygens (including phenoxy) is 1. The Bertz CT molecular complexity index is 1170. The summed E-state index contributed by atoms with van der Waals surface area (Å²) in [5, 5.41) is 23.9. The van der Waals surface area contributed by atoms with E-state index in [2.05, 4.69) is 32.1 Å². The van der Waals surface area contributed by atoms with Crippen LogP contribution in [0.4, 0.5) is 5.82 Å². The molecule has 11 nitrogen and oxygen atoms in total. The van der Waals surface area contributed by atoms with Crippen LogP contribution in [0.3, 0.4) is 0 Å². The molecule has 0 bridgehead atoms. The number of rotatable bonds is 5. The monoisotopic (exact) mass is 423 g/mol. The Morgan fingerprint density at radius 3 is 2.90 bits per heavy atom. The molecule has 11 heteroatoms. The van der Waals surface area contributed by atoms with Crippen molar-refractivity contribution in [3.8, 4) is 11.8 Å². The van der Waals surface area contributed by atoms with Gasteiger partial charge in [0.25, 0.3) is 0 Å². The van der Waals surface area contributed by atoms with Crippen LogP contribution >= 0.6 is 0 Å². The van der Waals surface area contributed by atoms with E-state index >= 15 is 0 Å². The van der Waals surface area contributed by atoms with Crippen molar-refractivity contribution in [3.63, 3.8) is 0 Å². The number of aliphatic hydroxyl groups is 2. The van der Waals surface area contributed by atoms with Gasteiger partial charge in [-0.1, -0.05) is 17.9 Å². The van der Waals surface area contributed by atoms with Gasteiger partial charge in [-0.25, -0.2) is 15.0 Å². The Morgan fingerprint density at radius 1 is 1.26 bits per heavy atom. The number of anilines is 1. The van der Waals surface area contributed by atoms with E-state index in [0.717, 1.165) is 0 Å². The lowest BCUT2D eigenvalue weighted by atomic mass is 10.1. The van der Waals surface area contributed by atoms with Crippen molar-refractivity contribution < 1.29 is 19.7 Å². The summed E-state index contributed by atoms with van der Waals surface area (Å²) in [4.78, 5) is 23.4. The van der Waals surface area contributed by atoms with E-state index in [1.54, 1.807) is 24.3 Å². The standard InChI is InChI=1S/C20H21N7O4/c21-17-14-19(25-9-24-17)27(10-26-14)20-16(29)15(28)13(31-20)8-23-6-2-4-11-3-1-5-12(7-11)18(22)30/h1,3,5,7,9-10,13,15-16,20,23,28-29H,6,8H2,(H2,22,30)(H2,21,24,25)/t13-,15-,16-,20-/m1/s1. The number of aromatic nitrogens is 4. The molecule has 2 aromatic heterocycles. The van der Waals surface area contributed by atoms with E-state index in [1.165, 1.54) is 17.2 Å². The maximum absolute atomic E-state index is 11.2. The third-order valence-electron chi connectivity index (χ3n) is 4.94. The molecule has 1 saturated heterocycles. The number of amides is 1. The smallest absolute Gasteiger partial charge is 0.248 e. The molecule has 1 amide bonds. The lowest BCUT2D eigenvalue weighted by Gasteiger charge is -2.16. The van der Waals surface area contributed by atoms with Crippen molar-refractivity contribution >= 4 is 22.9 Å². The third-order valence-corrected chi connectivity index (χ3v) is 4.94. The molecule has 1 aliphatic heterocycles. The van der Waals surface area contributed by atoms with Crippen LogP contribution in [0.25, 0.3) is 11.2 Å². The highest BCUT2D eigenvalue weighted by molar-refractivity contribution is 5.93. The molecule has 0 unspecified atom stereocenters. The number of hydrogen-bond donors (Lipinski definition) is 5. The number of fused-ring (bicyclic) bond motifs is 1. The first-order valence-corrected chi connectivity index (χ1v) is 9.49. The van der Waals surface area contributed by atoms with Crippen molar-refractivity contribution in [1.29, 1.82) is 0 Å². The second-order valence-electron chi connectivity index (χ2n) is 7.01. The molecule has 0 saturated carbocycles. The van der Waals surface area contributed by atoms with Crippen LogP contribution in [-0.4, -0.2) is 67.0 Å². The van der Waals surface area contributed by atoms with Gasteiger partial charge < -0.3 is 31.7 Å². The number of nitrogens with one attached hydrogen (secondary N) is 1. The average Bonchev–Trinajstić information content (AvgIpc) is 3.31. The zero-order valence-corrected chi connectivity index (χ0v) is 16.3. The number of carbonyl (C=O) groups is 1. The van der Waals surface area contributed by atoms with Crippen LogP contribution in [0, 0.1) is 11.8 Å². The van der Waals surface area contributed by atoms with Gasteiger partial charge in [-0.3, -0.25) is 9.36 Å². The van der Waals surface area contributed by atoms with Gasteiger partial charge >= 0.3 is 0 Å². The van der Waals surface area contributed by atoms with Gasteiger partial charge in [0, 0.05) is 17.7 Å². The minimum Gasteiger partial charge on any atom is -0.387 e. The number of primary amides is 1. The van der Waals surface area contributed by atoms with Crippen molar-refractivity contribution in [1.82, 2.24) is 24.8 Å². The lowest BCUT2D eigenvalue weighted by molar-refractivity contribution is -0.0339. The van der Waals surface area contributed by atoms with Gasteiger partial charge in [-0.2, -0.15) is 0 Å². The van der Waals surface area contributed by atoms with Crippen molar-refractivity contribution in [2.45, 2.75) is 24.5 Å². The SMILES string of the molecule is NC(=O)c1cccc(C#CCNC[C@H]2O[C@@H](n3cnc4c(N)ncnc43)[C@H](O)[C@@H]2O)c1. The Labute approximate surface area is 177 Å². The summed E-state index contributed by atoms with van der Waals surface area (Å²) in [6.45, 7) is 0.570. The number of nitrogens with zero attached hydrogens (tertiary/aromatic N) is 4. The van der Waals surface area contributed by atoms with Crippen LogP contribution < -0.4 is 16.8 Å². The summed E-state index contributed by atoms with van der Waals surface area (Å²) in [5.41, 5.74) is 12.9. The Morgan fingerprint density at radius 2 is 2.10 bits per heavy atom. The quantitative estimate of drug-likeness (QED) is 0.248. The van der Waals surface area contributed by atoms with Crippen LogP contribution in [0.1, 0.15) is 22.1 Å². The highest BCUT2D eigenvalue weighted by Crippen LogP contribution is 2.31. The van der Waals surface area contributed by atoms with Gasteiger partial charge in [-0.15, -0.1) is 0 Å². The van der Waals surface area contributed by atoms with Crippen molar-refractivity contribution in [2.24, 2.45) is 5.73 Å². The fourth-order valence-electron chi connectivity index (χ4n) is 3.36. The van der Waals surface area contributed by atoms with Crippen LogP contribution in [-0.2, 0) is 4.74 Å². The first kappa shape index (κ1) is 20.7. The van der Waals surface area contributed by atoms with Crippen LogP contribution in [0.2, 0.25) is 0 Å². The zero-order chi connectivity index (χ0) is 22.0. The van der Waals surface area contributed by atoms with Gasteiger partial charge in [0.05, 0.1) is 12.9 Å². The average molecular weight is 423 g/mol. The molecule has 3 heterocycles. The second kappa shape index (κ2) is 8.66. The third kappa shape index (κ3) is 4.18. The molecular weight excluding hydrogens is 402 g/mol. The predicted molar refractivity (Wildman–Crippen MR) is 110 cm³/mol. The molecule has 1 aromatic carbocycles. The van der Waals surface area contributed by atoms with E-state index in [0.29, 0.717) is 28.8 Å². The highest BCUT2D eigenvalue weighted by Gasteiger charge is 2.44. The summed E-state index contributed by atoms with van der Waals surface area (Å²) >= 11 is 0. The molecule has 1 fully saturated rings. The molecule has 31 heavy (non-hydrogen) atoms. The van der Waals surface area contributed by atoms with Crippen molar-refractivity contribution in [2.75, 3.05) is 18.8 Å². The molecule has 3 aromatic rings. The second-order valence-corrected chi connectivity index (χ2v) is 7.01. The zero-order valence-electron chi connectivity index (χ0n) is 16.3. The Hall–Kier alpha value is -3.56. The van der Waals surface area contributed by atoms with Crippen LogP contribution in [0.5, 0.6) is 0 Å². The Balaban J connectivity index is 1.37. The number of hydrogen-bond acceptors (Lipinski definition) is 9. The number of imidazole rings is 1. The summed E-state index contributed by atoms with van der Waals surface area (Å²) in [6.07, 6.45) is -1.10. The van der Waals surface area contributed by atoms with Gasteiger partial charge in [-0.05, 0) is 18.2 Å². The largest absolute Gasteiger partial charge is 0.387 e. The molecule has 1 aliphatic rings. The first-order valence-electron chi connectivity index (χ1n) is 9.49. The highest BCUT2D eigenvalue weighted by atomic mass is 16.6. The maximum Gasteiger partial charge on any atom is 0.248 e. The number of aliphatic hydroxyl groups excluding tert-OH is 2. The molecule has 4 rings (SSSR count). The minimum atomic E-state index is -1.18. The van der Waals surface area contributed by atoms with Crippen molar-refractivity contribution in [3.05, 3.63) is 48.0 Å². The number of benzene rings is 1.